The van der Waals surface area contributed by atoms with Crippen molar-refractivity contribution in [3.05, 3.63) is 53.2 Å². The molecule has 0 bridgehead atoms. The van der Waals surface area contributed by atoms with Gasteiger partial charge in [0.05, 0.1) is 16.1 Å². The lowest BCUT2D eigenvalue weighted by Gasteiger charge is -1.98. The zero-order valence-corrected chi connectivity index (χ0v) is 10.1. The van der Waals surface area contributed by atoms with Gasteiger partial charge in [-0.25, -0.2) is 0 Å². The van der Waals surface area contributed by atoms with Crippen molar-refractivity contribution in [3.8, 4) is 11.3 Å². The Balaban J connectivity index is 2.22. The van der Waals surface area contributed by atoms with Crippen LogP contribution in [0.3, 0.4) is 0 Å². The molecular formula is C14H11ClN2. The molecule has 0 spiro atoms. The lowest BCUT2D eigenvalue weighted by atomic mass is 10.1. The second-order valence-electron chi connectivity index (χ2n) is 4.11. The highest BCUT2D eigenvalue weighted by atomic mass is 35.5. The van der Waals surface area contributed by atoms with Crippen LogP contribution in [0.4, 0.5) is 0 Å². The summed E-state index contributed by atoms with van der Waals surface area (Å²) in [4.78, 5) is 7.61. The van der Waals surface area contributed by atoms with Crippen LogP contribution in [-0.2, 0) is 0 Å². The third-order valence-corrected chi connectivity index (χ3v) is 3.11. The number of rotatable bonds is 1. The van der Waals surface area contributed by atoms with E-state index in [0.717, 1.165) is 22.3 Å². The number of aromatic nitrogens is 2. The van der Waals surface area contributed by atoms with E-state index in [1.165, 1.54) is 5.56 Å². The number of pyridine rings is 1. The van der Waals surface area contributed by atoms with E-state index in [9.17, 15) is 0 Å². The van der Waals surface area contributed by atoms with Crippen molar-refractivity contribution < 1.29 is 0 Å². The maximum Gasteiger partial charge on any atom is 0.0900 e. The van der Waals surface area contributed by atoms with Crippen LogP contribution in [0.1, 0.15) is 5.56 Å². The van der Waals surface area contributed by atoms with Crippen molar-refractivity contribution in [2.75, 3.05) is 0 Å². The molecule has 3 aromatic rings. The van der Waals surface area contributed by atoms with Crippen LogP contribution in [-0.4, -0.2) is 9.97 Å². The average Bonchev–Trinajstić information content (AvgIpc) is 2.74. The first-order valence-electron chi connectivity index (χ1n) is 5.44. The van der Waals surface area contributed by atoms with Crippen LogP contribution in [0.15, 0.2) is 42.6 Å². The maximum absolute atomic E-state index is 6.12. The highest BCUT2D eigenvalue weighted by Gasteiger charge is 2.06. The van der Waals surface area contributed by atoms with Gasteiger partial charge in [0.15, 0.2) is 0 Å². The summed E-state index contributed by atoms with van der Waals surface area (Å²) in [6.45, 7) is 2.08. The fourth-order valence-corrected chi connectivity index (χ4v) is 2.16. The number of H-pyrrole nitrogens is 1. The van der Waals surface area contributed by atoms with Crippen molar-refractivity contribution in [2.45, 2.75) is 6.92 Å². The third kappa shape index (κ3) is 1.81. The van der Waals surface area contributed by atoms with Crippen molar-refractivity contribution in [3.63, 3.8) is 0 Å². The second kappa shape index (κ2) is 3.90. The number of hydrogen-bond donors (Lipinski definition) is 1. The number of halogens is 1. The number of fused-ring (bicyclic) bond motifs is 1. The minimum Gasteiger partial charge on any atom is -0.352 e. The monoisotopic (exact) mass is 242 g/mol. The average molecular weight is 243 g/mol. The molecule has 0 saturated heterocycles. The molecule has 0 aliphatic rings. The molecule has 2 aromatic heterocycles. The Morgan fingerprint density at radius 2 is 2.06 bits per heavy atom. The predicted octanol–water partition coefficient (Wildman–Crippen LogP) is 4.19. The molecule has 84 valence electrons. The molecule has 0 atom stereocenters. The molecule has 0 amide bonds. The van der Waals surface area contributed by atoms with Crippen LogP contribution in [0.5, 0.6) is 0 Å². The van der Waals surface area contributed by atoms with Crippen molar-refractivity contribution in [1.82, 2.24) is 9.97 Å². The van der Waals surface area contributed by atoms with Gasteiger partial charge in [-0.3, -0.25) is 4.98 Å². The molecule has 17 heavy (non-hydrogen) atoms. The van der Waals surface area contributed by atoms with Crippen molar-refractivity contribution in [1.29, 1.82) is 0 Å². The normalized spacial score (nSPS) is 10.9. The number of benzene rings is 1. The number of aryl methyl sites for hydroxylation is 1. The van der Waals surface area contributed by atoms with Crippen LogP contribution in [0.2, 0.25) is 5.02 Å². The Hall–Kier alpha value is -1.80. The molecule has 2 heterocycles. The fraction of sp³-hybridized carbons (Fsp3) is 0.0714. The Bertz CT molecular complexity index is 686. The van der Waals surface area contributed by atoms with Gasteiger partial charge in [-0.15, -0.1) is 0 Å². The molecule has 3 rings (SSSR count). The minimum atomic E-state index is 0.703. The highest BCUT2D eigenvalue weighted by molar-refractivity contribution is 6.34. The van der Waals surface area contributed by atoms with E-state index >= 15 is 0 Å². The van der Waals surface area contributed by atoms with E-state index in [1.807, 2.05) is 12.1 Å². The molecule has 0 fully saturated rings. The largest absolute Gasteiger partial charge is 0.352 e. The zero-order valence-electron chi connectivity index (χ0n) is 9.37. The molecule has 2 nitrogen and oxygen atoms in total. The van der Waals surface area contributed by atoms with Crippen LogP contribution in [0, 0.1) is 6.92 Å². The van der Waals surface area contributed by atoms with E-state index in [2.05, 4.69) is 35.1 Å². The topological polar surface area (TPSA) is 28.7 Å². The van der Waals surface area contributed by atoms with Gasteiger partial charge in [0.2, 0.25) is 0 Å². The first-order valence-corrected chi connectivity index (χ1v) is 5.82. The van der Waals surface area contributed by atoms with E-state index in [0.29, 0.717) is 5.02 Å². The Morgan fingerprint density at radius 1 is 1.18 bits per heavy atom. The van der Waals surface area contributed by atoms with Gasteiger partial charge < -0.3 is 4.98 Å². The summed E-state index contributed by atoms with van der Waals surface area (Å²) in [6, 6.07) is 12.2. The van der Waals surface area contributed by atoms with E-state index in [1.54, 1.807) is 12.3 Å². The summed E-state index contributed by atoms with van der Waals surface area (Å²) >= 11 is 6.12. The number of nitrogens with zero attached hydrogens (tertiary/aromatic N) is 1. The molecule has 0 unspecified atom stereocenters. The highest BCUT2D eigenvalue weighted by Crippen LogP contribution is 2.27. The van der Waals surface area contributed by atoms with Gasteiger partial charge >= 0.3 is 0 Å². The van der Waals surface area contributed by atoms with E-state index in [4.69, 9.17) is 11.6 Å². The molecule has 3 heteroatoms. The number of hydrogen-bond acceptors (Lipinski definition) is 1. The summed E-state index contributed by atoms with van der Waals surface area (Å²) in [5.41, 5.74) is 5.23. The van der Waals surface area contributed by atoms with Gasteiger partial charge in [-0.1, -0.05) is 35.4 Å². The Kier molecular flexibility index (Phi) is 2.37. The summed E-state index contributed by atoms with van der Waals surface area (Å²) in [7, 11) is 0. The van der Waals surface area contributed by atoms with Gasteiger partial charge in [0.25, 0.3) is 0 Å². The minimum absolute atomic E-state index is 0.703. The summed E-state index contributed by atoms with van der Waals surface area (Å²) in [6.07, 6.45) is 1.72. The number of nitrogens with one attached hydrogen (secondary N) is 1. The molecular weight excluding hydrogens is 232 g/mol. The van der Waals surface area contributed by atoms with E-state index in [-0.39, 0.29) is 0 Å². The molecule has 0 aliphatic heterocycles. The molecule has 0 radical (unpaired) electrons. The van der Waals surface area contributed by atoms with Gasteiger partial charge in [-0.05, 0) is 30.7 Å². The number of aromatic amines is 1. The summed E-state index contributed by atoms with van der Waals surface area (Å²) in [5.74, 6) is 0. The smallest absolute Gasteiger partial charge is 0.0900 e. The van der Waals surface area contributed by atoms with Crippen LogP contribution < -0.4 is 0 Å². The maximum atomic E-state index is 6.12. The molecule has 0 saturated carbocycles. The van der Waals surface area contributed by atoms with E-state index < -0.39 is 0 Å². The predicted molar refractivity (Wildman–Crippen MR) is 71.3 cm³/mol. The van der Waals surface area contributed by atoms with Crippen LogP contribution in [0.25, 0.3) is 22.3 Å². The third-order valence-electron chi connectivity index (χ3n) is 2.80. The second-order valence-corrected chi connectivity index (χ2v) is 4.51. The quantitative estimate of drug-likeness (QED) is 0.681. The first kappa shape index (κ1) is 10.4. The van der Waals surface area contributed by atoms with Gasteiger partial charge in [-0.2, -0.15) is 0 Å². The van der Waals surface area contributed by atoms with Crippen molar-refractivity contribution in [2.24, 2.45) is 0 Å². The van der Waals surface area contributed by atoms with Gasteiger partial charge in [0, 0.05) is 11.9 Å². The SMILES string of the molecule is Cc1cccc(-c2cc3nccc(Cl)c3[nH]2)c1. The first-order chi connectivity index (χ1) is 8.24. The lowest BCUT2D eigenvalue weighted by molar-refractivity contribution is 1.40. The Morgan fingerprint density at radius 3 is 2.82 bits per heavy atom. The summed E-state index contributed by atoms with van der Waals surface area (Å²) in [5, 5.41) is 0.703. The zero-order chi connectivity index (χ0) is 11.8. The van der Waals surface area contributed by atoms with Crippen molar-refractivity contribution >= 4 is 22.6 Å². The molecule has 0 aliphatic carbocycles. The fourth-order valence-electron chi connectivity index (χ4n) is 1.96. The molecule has 1 N–H and O–H groups in total. The summed E-state index contributed by atoms with van der Waals surface area (Å²) < 4.78 is 0. The lowest BCUT2D eigenvalue weighted by Crippen LogP contribution is -1.78. The molecule has 1 aromatic carbocycles. The Labute approximate surface area is 104 Å². The van der Waals surface area contributed by atoms with Gasteiger partial charge in [0.1, 0.15) is 0 Å². The van der Waals surface area contributed by atoms with Crippen LogP contribution >= 0.6 is 11.6 Å². The standard InChI is InChI=1S/C14H11ClN2/c1-9-3-2-4-10(7-9)12-8-13-14(17-12)11(15)5-6-16-13/h2-8,17H,1H3.